The predicted octanol–water partition coefficient (Wildman–Crippen LogP) is 3.80. The first kappa shape index (κ1) is 18.5. The van der Waals surface area contributed by atoms with Crippen LogP contribution in [-0.2, 0) is 21.3 Å². The molecular formula is C20H23NO4S. The highest BCUT2D eigenvalue weighted by Gasteiger charge is 2.26. The van der Waals surface area contributed by atoms with E-state index in [1.807, 2.05) is 32.9 Å². The van der Waals surface area contributed by atoms with Gasteiger partial charge in [0.15, 0.2) is 0 Å². The molecule has 3 rings (SSSR count). The van der Waals surface area contributed by atoms with Crippen LogP contribution >= 0.6 is 0 Å². The van der Waals surface area contributed by atoms with E-state index in [0.717, 1.165) is 22.4 Å². The number of anilines is 1. The lowest BCUT2D eigenvalue weighted by Crippen LogP contribution is -2.25. The summed E-state index contributed by atoms with van der Waals surface area (Å²) in [7, 11) is -3.94. The van der Waals surface area contributed by atoms with Crippen LogP contribution in [0, 0.1) is 6.92 Å². The molecule has 0 radical (unpaired) electrons. The Balaban J connectivity index is 1.93. The topological polar surface area (TPSA) is 63.7 Å². The molecule has 1 heterocycles. The van der Waals surface area contributed by atoms with Crippen LogP contribution < -0.4 is 9.08 Å². The van der Waals surface area contributed by atoms with Gasteiger partial charge in [-0.3, -0.25) is 4.79 Å². The van der Waals surface area contributed by atoms with Gasteiger partial charge in [-0.05, 0) is 60.2 Å². The van der Waals surface area contributed by atoms with Crippen LogP contribution in [0.2, 0.25) is 0 Å². The first-order valence-corrected chi connectivity index (χ1v) is 10.1. The van der Waals surface area contributed by atoms with Crippen LogP contribution in [0.3, 0.4) is 0 Å². The highest BCUT2D eigenvalue weighted by molar-refractivity contribution is 7.87. The minimum atomic E-state index is -3.94. The number of carbonyl (C=O) groups excluding carboxylic acids is 1. The number of nitrogens with zero attached hydrogens (tertiary/aromatic N) is 1. The zero-order chi connectivity index (χ0) is 19.1. The van der Waals surface area contributed by atoms with Gasteiger partial charge in [0.1, 0.15) is 10.6 Å². The summed E-state index contributed by atoms with van der Waals surface area (Å²) in [6, 6.07) is 10.4. The molecular weight excluding hydrogens is 350 g/mol. The zero-order valence-electron chi connectivity index (χ0n) is 15.4. The second-order valence-electron chi connectivity index (χ2n) is 6.93. The first-order chi connectivity index (χ1) is 12.2. The fraction of sp³-hybridized carbons (Fsp3) is 0.350. The monoisotopic (exact) mass is 373 g/mol. The van der Waals surface area contributed by atoms with Crippen LogP contribution in [0.4, 0.5) is 5.69 Å². The average molecular weight is 373 g/mol. The number of fused-ring (bicyclic) bond motifs is 1. The molecule has 0 aliphatic carbocycles. The van der Waals surface area contributed by atoms with Crippen molar-refractivity contribution in [1.82, 2.24) is 0 Å². The maximum absolute atomic E-state index is 12.7. The molecule has 2 aromatic rings. The SMILES string of the molecule is CC(=O)N1CCc2cc(S(=O)(=O)Oc3cc(C(C)C)ccc3C)ccc21. The van der Waals surface area contributed by atoms with E-state index in [1.54, 1.807) is 23.1 Å². The third-order valence-electron chi connectivity index (χ3n) is 4.69. The lowest BCUT2D eigenvalue weighted by atomic mass is 10.0. The highest BCUT2D eigenvalue weighted by atomic mass is 32.2. The molecule has 6 heteroatoms. The molecule has 0 saturated carbocycles. The standard InChI is InChI=1S/C20H23NO4S/c1-13(2)16-6-5-14(3)20(12-16)25-26(23,24)18-7-8-19-17(11-18)9-10-21(19)15(4)22/h5-8,11-13H,9-10H2,1-4H3. The number of hydrogen-bond donors (Lipinski definition) is 0. The van der Waals surface area contributed by atoms with E-state index in [-0.39, 0.29) is 16.7 Å². The summed E-state index contributed by atoms with van der Waals surface area (Å²) in [4.78, 5) is 13.4. The molecule has 2 aromatic carbocycles. The molecule has 1 aliphatic heterocycles. The number of hydrogen-bond acceptors (Lipinski definition) is 4. The maximum atomic E-state index is 12.7. The minimum Gasteiger partial charge on any atom is -0.379 e. The Bertz CT molecular complexity index is 964. The molecule has 1 amide bonds. The Morgan fingerprint density at radius 3 is 2.54 bits per heavy atom. The Morgan fingerprint density at radius 1 is 1.15 bits per heavy atom. The molecule has 0 atom stereocenters. The van der Waals surface area contributed by atoms with Gasteiger partial charge in [-0.1, -0.05) is 26.0 Å². The Labute approximate surface area is 154 Å². The summed E-state index contributed by atoms with van der Waals surface area (Å²) < 4.78 is 30.9. The minimum absolute atomic E-state index is 0.0447. The van der Waals surface area contributed by atoms with E-state index in [4.69, 9.17) is 4.18 Å². The van der Waals surface area contributed by atoms with Crippen LogP contribution in [-0.4, -0.2) is 20.9 Å². The highest BCUT2D eigenvalue weighted by Crippen LogP contribution is 2.32. The quantitative estimate of drug-likeness (QED) is 0.765. The van der Waals surface area contributed by atoms with Gasteiger partial charge in [0.2, 0.25) is 5.91 Å². The molecule has 0 spiro atoms. The molecule has 0 fully saturated rings. The van der Waals surface area contributed by atoms with Gasteiger partial charge in [0.25, 0.3) is 0 Å². The fourth-order valence-electron chi connectivity index (χ4n) is 3.09. The number of amides is 1. The third kappa shape index (κ3) is 3.46. The van der Waals surface area contributed by atoms with Crippen molar-refractivity contribution in [3.05, 3.63) is 53.1 Å². The summed E-state index contributed by atoms with van der Waals surface area (Å²) in [6.45, 7) is 7.99. The van der Waals surface area contributed by atoms with E-state index in [0.29, 0.717) is 18.7 Å². The molecule has 0 saturated heterocycles. The second-order valence-corrected chi connectivity index (χ2v) is 8.47. The first-order valence-electron chi connectivity index (χ1n) is 8.65. The van der Waals surface area contributed by atoms with Crippen LogP contribution in [0.25, 0.3) is 0 Å². The lowest BCUT2D eigenvalue weighted by Gasteiger charge is -2.15. The molecule has 0 aromatic heterocycles. The molecule has 1 aliphatic rings. The number of carbonyl (C=O) groups is 1. The summed E-state index contributed by atoms with van der Waals surface area (Å²) >= 11 is 0. The van der Waals surface area contributed by atoms with Crippen molar-refractivity contribution in [1.29, 1.82) is 0 Å². The zero-order valence-corrected chi connectivity index (χ0v) is 16.3. The maximum Gasteiger partial charge on any atom is 0.339 e. The number of benzene rings is 2. The molecule has 5 nitrogen and oxygen atoms in total. The van der Waals surface area contributed by atoms with Crippen molar-refractivity contribution in [3.63, 3.8) is 0 Å². The molecule has 0 bridgehead atoms. The Kier molecular flexibility index (Phi) is 4.80. The average Bonchev–Trinajstić information content (AvgIpc) is 2.99. The summed E-state index contributed by atoms with van der Waals surface area (Å²) in [5.74, 6) is 0.581. The lowest BCUT2D eigenvalue weighted by molar-refractivity contribution is -0.116. The molecule has 0 unspecified atom stereocenters. The predicted molar refractivity (Wildman–Crippen MR) is 101 cm³/mol. The van der Waals surface area contributed by atoms with Crippen LogP contribution in [0.5, 0.6) is 5.75 Å². The number of aryl methyl sites for hydroxylation is 1. The summed E-state index contributed by atoms with van der Waals surface area (Å²) in [5, 5.41) is 0. The van der Waals surface area contributed by atoms with Crippen molar-refractivity contribution >= 4 is 21.7 Å². The van der Waals surface area contributed by atoms with Crippen LogP contribution in [0.1, 0.15) is 43.4 Å². The van der Waals surface area contributed by atoms with Crippen molar-refractivity contribution < 1.29 is 17.4 Å². The number of rotatable bonds is 4. The molecule has 26 heavy (non-hydrogen) atoms. The van der Waals surface area contributed by atoms with Crippen molar-refractivity contribution in [2.24, 2.45) is 0 Å². The van der Waals surface area contributed by atoms with Gasteiger partial charge in [-0.2, -0.15) is 8.42 Å². The van der Waals surface area contributed by atoms with Gasteiger partial charge in [-0.15, -0.1) is 0 Å². The van der Waals surface area contributed by atoms with Crippen molar-refractivity contribution in [2.75, 3.05) is 11.4 Å². The van der Waals surface area contributed by atoms with E-state index in [1.165, 1.54) is 13.0 Å². The van der Waals surface area contributed by atoms with Crippen molar-refractivity contribution in [3.8, 4) is 5.75 Å². The molecule has 138 valence electrons. The Morgan fingerprint density at radius 2 is 1.88 bits per heavy atom. The van der Waals surface area contributed by atoms with E-state index in [9.17, 15) is 13.2 Å². The molecule has 0 N–H and O–H groups in total. The normalized spacial score (nSPS) is 13.8. The summed E-state index contributed by atoms with van der Waals surface area (Å²) in [6.07, 6.45) is 0.639. The van der Waals surface area contributed by atoms with Gasteiger partial charge >= 0.3 is 10.1 Å². The van der Waals surface area contributed by atoms with Crippen LogP contribution in [0.15, 0.2) is 41.3 Å². The second kappa shape index (κ2) is 6.76. The largest absolute Gasteiger partial charge is 0.379 e. The van der Waals surface area contributed by atoms with E-state index < -0.39 is 10.1 Å². The van der Waals surface area contributed by atoms with E-state index in [2.05, 4.69) is 0 Å². The summed E-state index contributed by atoms with van der Waals surface area (Å²) in [5.41, 5.74) is 3.40. The fourth-order valence-corrected chi connectivity index (χ4v) is 4.13. The van der Waals surface area contributed by atoms with Gasteiger partial charge in [-0.25, -0.2) is 0 Å². The Hall–Kier alpha value is -2.34. The third-order valence-corrected chi connectivity index (χ3v) is 5.92. The van der Waals surface area contributed by atoms with Gasteiger partial charge in [0.05, 0.1) is 0 Å². The van der Waals surface area contributed by atoms with Gasteiger partial charge < -0.3 is 9.08 Å². The van der Waals surface area contributed by atoms with Gasteiger partial charge in [0, 0.05) is 19.2 Å². The smallest absolute Gasteiger partial charge is 0.339 e. The van der Waals surface area contributed by atoms with Crippen molar-refractivity contribution in [2.45, 2.75) is 44.9 Å². The van der Waals surface area contributed by atoms with E-state index >= 15 is 0 Å².